The molecule has 0 amide bonds. The zero-order chi connectivity index (χ0) is 12.4. The van der Waals surface area contributed by atoms with Crippen molar-refractivity contribution in [3.8, 4) is 0 Å². The Bertz CT molecular complexity index is 220. The summed E-state index contributed by atoms with van der Waals surface area (Å²) in [6.07, 6.45) is 6.68. The van der Waals surface area contributed by atoms with E-state index in [0.717, 1.165) is 25.7 Å². The van der Waals surface area contributed by atoms with Crippen molar-refractivity contribution in [1.82, 2.24) is 6.15 Å². The van der Waals surface area contributed by atoms with Gasteiger partial charge in [0.15, 0.2) is 0 Å². The van der Waals surface area contributed by atoms with E-state index in [9.17, 15) is 14.9 Å². The van der Waals surface area contributed by atoms with Crippen LogP contribution < -0.4 is 6.15 Å². The van der Waals surface area contributed by atoms with Gasteiger partial charge in [-0.05, 0) is 12.8 Å². The number of unbranched alkanes of at least 4 members (excludes halogenated alkanes) is 4. The van der Waals surface area contributed by atoms with Crippen molar-refractivity contribution in [3.63, 3.8) is 0 Å². The molecule has 0 bridgehead atoms. The van der Waals surface area contributed by atoms with Gasteiger partial charge in [-0.1, -0.05) is 39.5 Å². The van der Waals surface area contributed by atoms with Crippen LogP contribution >= 0.6 is 0 Å². The molecule has 0 saturated heterocycles. The van der Waals surface area contributed by atoms with Gasteiger partial charge in [0.2, 0.25) is 5.78 Å². The first-order chi connectivity index (χ1) is 7.63. The molecule has 17 heavy (non-hydrogen) atoms. The van der Waals surface area contributed by atoms with Gasteiger partial charge in [-0.25, -0.2) is 0 Å². The fourth-order valence-electron chi connectivity index (χ4n) is 1.74. The Hall–Kier alpha value is -0.970. The van der Waals surface area contributed by atoms with E-state index in [1.807, 2.05) is 6.92 Å². The maximum absolute atomic E-state index is 11.5. The predicted molar refractivity (Wildman–Crippen MR) is 69.1 cm³/mol. The number of ketones is 1. The third-order valence-electron chi connectivity index (χ3n) is 2.70. The van der Waals surface area contributed by atoms with E-state index in [0.29, 0.717) is 19.3 Å². The number of rotatable bonds is 10. The number of nitro groups is 1. The molecular formula is C12H26N2O3. The van der Waals surface area contributed by atoms with Crippen molar-refractivity contribution >= 4 is 5.78 Å². The summed E-state index contributed by atoms with van der Waals surface area (Å²) in [5.41, 5.74) is 0. The summed E-state index contributed by atoms with van der Waals surface area (Å²) in [6.45, 7) is 4.00. The van der Waals surface area contributed by atoms with E-state index in [1.165, 1.54) is 6.42 Å². The lowest BCUT2D eigenvalue weighted by Gasteiger charge is -2.07. The Morgan fingerprint density at radius 2 is 1.71 bits per heavy atom. The van der Waals surface area contributed by atoms with Crippen LogP contribution in [0, 0.1) is 10.1 Å². The minimum atomic E-state index is -0.957. The fourth-order valence-corrected chi connectivity index (χ4v) is 1.74. The normalized spacial score (nSPS) is 11.6. The lowest BCUT2D eigenvalue weighted by Crippen LogP contribution is -2.29. The highest BCUT2D eigenvalue weighted by Gasteiger charge is 2.27. The molecular weight excluding hydrogens is 220 g/mol. The summed E-state index contributed by atoms with van der Waals surface area (Å²) >= 11 is 0. The van der Waals surface area contributed by atoms with Gasteiger partial charge in [0, 0.05) is 17.8 Å². The average Bonchev–Trinajstić information content (AvgIpc) is 2.23. The summed E-state index contributed by atoms with van der Waals surface area (Å²) in [5.74, 6) is -0.206. The smallest absolute Gasteiger partial charge is 0.270 e. The Labute approximate surface area is 104 Å². The number of nitrogens with zero attached hydrogens (tertiary/aromatic N) is 1. The molecule has 0 saturated carbocycles. The van der Waals surface area contributed by atoms with Crippen LogP contribution in [0.2, 0.25) is 0 Å². The van der Waals surface area contributed by atoms with Gasteiger partial charge in [-0.3, -0.25) is 14.9 Å². The Balaban J connectivity index is 0. The molecule has 3 N–H and O–H groups in total. The maximum atomic E-state index is 11.5. The van der Waals surface area contributed by atoms with Crippen LogP contribution in [0.15, 0.2) is 0 Å². The minimum Gasteiger partial charge on any atom is -0.344 e. The van der Waals surface area contributed by atoms with Gasteiger partial charge in [0.05, 0.1) is 0 Å². The highest BCUT2D eigenvalue weighted by Crippen LogP contribution is 2.11. The Morgan fingerprint density at radius 3 is 2.18 bits per heavy atom. The summed E-state index contributed by atoms with van der Waals surface area (Å²) in [7, 11) is 0. The monoisotopic (exact) mass is 246 g/mol. The average molecular weight is 246 g/mol. The third kappa shape index (κ3) is 8.80. The number of carbonyl (C=O) groups excluding carboxylic acids is 1. The number of Topliss-reactive ketones (excluding diaryl/α,β-unsaturated/α-hetero) is 1. The number of hydrogen-bond acceptors (Lipinski definition) is 4. The van der Waals surface area contributed by atoms with Gasteiger partial charge in [-0.15, -0.1) is 0 Å². The minimum absolute atomic E-state index is 0. The quantitative estimate of drug-likeness (QED) is 0.362. The molecule has 102 valence electrons. The molecule has 0 aromatic carbocycles. The molecule has 0 heterocycles. The van der Waals surface area contributed by atoms with Crippen molar-refractivity contribution in [2.45, 2.75) is 71.3 Å². The molecule has 0 aliphatic heterocycles. The fraction of sp³-hybridized carbons (Fsp3) is 0.917. The van der Waals surface area contributed by atoms with Gasteiger partial charge in [-0.2, -0.15) is 0 Å². The van der Waals surface area contributed by atoms with E-state index in [-0.39, 0.29) is 11.9 Å². The highest BCUT2D eigenvalue weighted by molar-refractivity contribution is 5.82. The van der Waals surface area contributed by atoms with Crippen LogP contribution in [-0.4, -0.2) is 16.7 Å². The largest absolute Gasteiger partial charge is 0.344 e. The first-order valence-corrected chi connectivity index (χ1v) is 6.29. The summed E-state index contributed by atoms with van der Waals surface area (Å²) in [6, 6.07) is -0.957. The van der Waals surface area contributed by atoms with Crippen molar-refractivity contribution in [2.75, 3.05) is 0 Å². The summed E-state index contributed by atoms with van der Waals surface area (Å²) in [5, 5.41) is 10.7. The standard InChI is InChI=1S/C12H23NO3.H3N/c1-3-5-6-7-8-10-11(13(15)16)12(14)9-4-2;/h11H,3-10H2,1-2H3;1H3. The molecule has 0 radical (unpaired) electrons. The summed E-state index contributed by atoms with van der Waals surface area (Å²) < 4.78 is 0. The van der Waals surface area contributed by atoms with E-state index >= 15 is 0 Å². The second kappa shape index (κ2) is 11.5. The van der Waals surface area contributed by atoms with Crippen LogP contribution in [0.3, 0.4) is 0 Å². The van der Waals surface area contributed by atoms with Crippen molar-refractivity contribution in [3.05, 3.63) is 10.1 Å². The molecule has 5 heteroatoms. The first-order valence-electron chi connectivity index (χ1n) is 6.29. The lowest BCUT2D eigenvalue weighted by molar-refractivity contribution is -0.508. The van der Waals surface area contributed by atoms with Gasteiger partial charge < -0.3 is 6.15 Å². The van der Waals surface area contributed by atoms with Crippen molar-refractivity contribution < 1.29 is 9.72 Å². The van der Waals surface area contributed by atoms with Crippen molar-refractivity contribution in [2.24, 2.45) is 0 Å². The van der Waals surface area contributed by atoms with Crippen LogP contribution in [0.25, 0.3) is 0 Å². The van der Waals surface area contributed by atoms with Crippen LogP contribution in [0.5, 0.6) is 0 Å². The van der Waals surface area contributed by atoms with Crippen LogP contribution in [-0.2, 0) is 4.79 Å². The van der Waals surface area contributed by atoms with Gasteiger partial charge in [0.25, 0.3) is 6.04 Å². The van der Waals surface area contributed by atoms with Crippen LogP contribution in [0.1, 0.15) is 65.2 Å². The molecule has 0 aromatic heterocycles. The molecule has 5 nitrogen and oxygen atoms in total. The van der Waals surface area contributed by atoms with Gasteiger partial charge in [0.1, 0.15) is 0 Å². The Kier molecular flexibility index (Phi) is 12.5. The van der Waals surface area contributed by atoms with Gasteiger partial charge >= 0.3 is 0 Å². The predicted octanol–water partition coefficient (Wildman–Crippen LogP) is 3.52. The molecule has 0 spiro atoms. The summed E-state index contributed by atoms with van der Waals surface area (Å²) in [4.78, 5) is 21.8. The van der Waals surface area contributed by atoms with E-state index in [4.69, 9.17) is 0 Å². The van der Waals surface area contributed by atoms with Crippen LogP contribution in [0.4, 0.5) is 0 Å². The molecule has 0 aliphatic rings. The van der Waals surface area contributed by atoms with E-state index in [1.54, 1.807) is 0 Å². The molecule has 0 aromatic rings. The molecule has 1 unspecified atom stereocenters. The van der Waals surface area contributed by atoms with Crippen molar-refractivity contribution in [1.29, 1.82) is 0 Å². The number of carbonyl (C=O) groups is 1. The Morgan fingerprint density at radius 1 is 1.12 bits per heavy atom. The highest BCUT2D eigenvalue weighted by atomic mass is 16.6. The SMILES string of the molecule is CCCCCCCC(C(=O)CCC)[N+](=O)[O-].N. The topological polar surface area (TPSA) is 95.2 Å². The molecule has 0 fully saturated rings. The molecule has 1 atom stereocenters. The number of hydrogen-bond donors (Lipinski definition) is 1. The zero-order valence-electron chi connectivity index (χ0n) is 11.1. The molecule has 0 aliphatic carbocycles. The molecule has 0 rings (SSSR count). The second-order valence-electron chi connectivity index (χ2n) is 4.22. The van der Waals surface area contributed by atoms with E-state index in [2.05, 4.69) is 6.92 Å². The second-order valence-corrected chi connectivity index (χ2v) is 4.22. The lowest BCUT2D eigenvalue weighted by atomic mass is 10.0. The maximum Gasteiger partial charge on any atom is 0.270 e. The zero-order valence-corrected chi connectivity index (χ0v) is 11.1. The van der Waals surface area contributed by atoms with E-state index < -0.39 is 11.0 Å². The first kappa shape index (κ1) is 18.4. The third-order valence-corrected chi connectivity index (χ3v) is 2.70.